The number of piperidine rings is 1. The van der Waals surface area contributed by atoms with Crippen LogP contribution in [0.4, 0.5) is 5.69 Å². The van der Waals surface area contributed by atoms with Crippen molar-refractivity contribution < 1.29 is 9.59 Å². The molecular weight excluding hydrogens is 336 g/mol. The number of anilines is 1. The number of benzene rings is 2. The number of carbonyl (C=O) groups is 2. The van der Waals surface area contributed by atoms with Gasteiger partial charge in [0.05, 0.1) is 0 Å². The van der Waals surface area contributed by atoms with Crippen molar-refractivity contribution >= 4 is 17.4 Å². The minimum atomic E-state index is -0.128. The van der Waals surface area contributed by atoms with E-state index in [4.69, 9.17) is 0 Å². The van der Waals surface area contributed by atoms with Crippen molar-refractivity contribution in [3.63, 3.8) is 0 Å². The van der Waals surface area contributed by atoms with E-state index in [1.54, 1.807) is 12.1 Å². The molecule has 0 aromatic heterocycles. The largest absolute Gasteiger partial charge is 0.326 e. The van der Waals surface area contributed by atoms with Crippen LogP contribution in [0.15, 0.2) is 54.6 Å². The van der Waals surface area contributed by atoms with E-state index in [9.17, 15) is 9.59 Å². The number of amides is 1. The molecule has 1 N–H and O–H groups in total. The molecule has 0 radical (unpaired) electrons. The van der Waals surface area contributed by atoms with Crippen LogP contribution < -0.4 is 5.32 Å². The van der Waals surface area contributed by atoms with E-state index in [0.717, 1.165) is 31.2 Å². The van der Waals surface area contributed by atoms with E-state index < -0.39 is 0 Å². The number of ketones is 1. The standard InChI is InChI=1S/C23H28N2O2/c1-18-13-15-25(16-14-18)17-19-7-9-21(10-8-19)24-23(27)12-11-22(26)20-5-3-2-4-6-20/h2-10,18H,11-17H2,1H3,(H,24,27). The van der Waals surface area contributed by atoms with Crippen molar-refractivity contribution in [1.82, 2.24) is 4.90 Å². The highest BCUT2D eigenvalue weighted by Crippen LogP contribution is 2.19. The molecule has 0 saturated carbocycles. The third kappa shape index (κ3) is 6.04. The first-order valence-corrected chi connectivity index (χ1v) is 9.79. The SMILES string of the molecule is CC1CCN(Cc2ccc(NC(=O)CCC(=O)c3ccccc3)cc2)CC1. The fourth-order valence-electron chi connectivity index (χ4n) is 3.39. The lowest BCUT2D eigenvalue weighted by molar-refractivity contribution is -0.116. The molecule has 27 heavy (non-hydrogen) atoms. The summed E-state index contributed by atoms with van der Waals surface area (Å²) in [5, 5.41) is 2.88. The average Bonchev–Trinajstić information content (AvgIpc) is 2.70. The van der Waals surface area contributed by atoms with Crippen LogP contribution in [0, 0.1) is 5.92 Å². The molecule has 0 aliphatic carbocycles. The maximum Gasteiger partial charge on any atom is 0.224 e. The van der Waals surface area contributed by atoms with Gasteiger partial charge in [-0.2, -0.15) is 0 Å². The van der Waals surface area contributed by atoms with Crippen molar-refractivity contribution in [3.8, 4) is 0 Å². The van der Waals surface area contributed by atoms with Crippen LogP contribution in [-0.4, -0.2) is 29.7 Å². The van der Waals surface area contributed by atoms with Gasteiger partial charge in [-0.15, -0.1) is 0 Å². The summed E-state index contributed by atoms with van der Waals surface area (Å²) in [6.45, 7) is 5.61. The Labute approximate surface area is 161 Å². The zero-order valence-electron chi connectivity index (χ0n) is 16.0. The molecule has 3 rings (SSSR count). The van der Waals surface area contributed by atoms with Crippen LogP contribution in [0.1, 0.15) is 48.5 Å². The molecule has 0 unspecified atom stereocenters. The number of carbonyl (C=O) groups excluding carboxylic acids is 2. The Morgan fingerprint density at radius 2 is 1.63 bits per heavy atom. The minimum absolute atomic E-state index is 0.00283. The van der Waals surface area contributed by atoms with Crippen LogP contribution in [0.2, 0.25) is 0 Å². The Kier molecular flexibility index (Phi) is 6.77. The third-order valence-electron chi connectivity index (χ3n) is 5.20. The number of Topliss-reactive ketones (excluding diaryl/α,β-unsaturated/α-hetero) is 1. The summed E-state index contributed by atoms with van der Waals surface area (Å²) in [6.07, 6.45) is 2.97. The second-order valence-electron chi connectivity index (χ2n) is 7.49. The average molecular weight is 364 g/mol. The van der Waals surface area contributed by atoms with Gasteiger partial charge < -0.3 is 5.32 Å². The van der Waals surface area contributed by atoms with Gasteiger partial charge in [-0.3, -0.25) is 14.5 Å². The summed E-state index contributed by atoms with van der Waals surface area (Å²) < 4.78 is 0. The second kappa shape index (κ2) is 9.47. The second-order valence-corrected chi connectivity index (χ2v) is 7.49. The van der Waals surface area contributed by atoms with Gasteiger partial charge >= 0.3 is 0 Å². The fraction of sp³-hybridized carbons (Fsp3) is 0.391. The summed E-state index contributed by atoms with van der Waals surface area (Å²) in [5.74, 6) is 0.710. The quantitative estimate of drug-likeness (QED) is 0.735. The van der Waals surface area contributed by atoms with Gasteiger partial charge in [0.25, 0.3) is 0 Å². The number of hydrogen-bond acceptors (Lipinski definition) is 3. The first-order valence-electron chi connectivity index (χ1n) is 9.79. The molecule has 2 aromatic carbocycles. The highest BCUT2D eigenvalue weighted by molar-refractivity contribution is 5.99. The number of rotatable bonds is 7. The van der Waals surface area contributed by atoms with Crippen molar-refractivity contribution in [1.29, 1.82) is 0 Å². The first kappa shape index (κ1) is 19.3. The molecule has 0 spiro atoms. The smallest absolute Gasteiger partial charge is 0.224 e. The van der Waals surface area contributed by atoms with Gasteiger partial charge in [0, 0.05) is 30.6 Å². The Hall–Kier alpha value is -2.46. The van der Waals surface area contributed by atoms with Crippen LogP contribution in [0.5, 0.6) is 0 Å². The lowest BCUT2D eigenvalue weighted by Crippen LogP contribution is -2.32. The molecule has 1 heterocycles. The van der Waals surface area contributed by atoms with Crippen molar-refractivity contribution in [3.05, 3.63) is 65.7 Å². The van der Waals surface area contributed by atoms with E-state index in [0.29, 0.717) is 5.56 Å². The Morgan fingerprint density at radius 1 is 0.963 bits per heavy atom. The zero-order chi connectivity index (χ0) is 19.1. The van der Waals surface area contributed by atoms with E-state index >= 15 is 0 Å². The van der Waals surface area contributed by atoms with Crippen LogP contribution >= 0.6 is 0 Å². The van der Waals surface area contributed by atoms with Crippen molar-refractivity contribution in [2.45, 2.75) is 39.2 Å². The fourth-order valence-corrected chi connectivity index (χ4v) is 3.39. The molecule has 0 atom stereocenters. The van der Waals surface area contributed by atoms with Crippen LogP contribution in [-0.2, 0) is 11.3 Å². The van der Waals surface area contributed by atoms with Crippen LogP contribution in [0.25, 0.3) is 0 Å². The number of likely N-dealkylation sites (tertiary alicyclic amines) is 1. The lowest BCUT2D eigenvalue weighted by atomic mass is 9.99. The maximum absolute atomic E-state index is 12.1. The lowest BCUT2D eigenvalue weighted by Gasteiger charge is -2.30. The Morgan fingerprint density at radius 3 is 2.30 bits per heavy atom. The van der Waals surface area contributed by atoms with E-state index in [1.807, 2.05) is 30.3 Å². The molecule has 1 saturated heterocycles. The zero-order valence-corrected chi connectivity index (χ0v) is 16.0. The van der Waals surface area contributed by atoms with E-state index in [1.165, 1.54) is 18.4 Å². The number of nitrogens with one attached hydrogen (secondary N) is 1. The van der Waals surface area contributed by atoms with E-state index in [2.05, 4.69) is 29.3 Å². The first-order chi connectivity index (χ1) is 13.1. The maximum atomic E-state index is 12.1. The molecule has 1 aliphatic rings. The highest BCUT2D eigenvalue weighted by atomic mass is 16.2. The molecule has 142 valence electrons. The predicted molar refractivity (Wildman–Crippen MR) is 109 cm³/mol. The number of nitrogens with zero attached hydrogens (tertiary/aromatic N) is 1. The Balaban J connectivity index is 1.43. The minimum Gasteiger partial charge on any atom is -0.326 e. The van der Waals surface area contributed by atoms with Crippen LogP contribution in [0.3, 0.4) is 0 Å². The molecule has 2 aromatic rings. The normalized spacial score (nSPS) is 15.4. The monoisotopic (exact) mass is 364 g/mol. The molecule has 4 nitrogen and oxygen atoms in total. The summed E-state index contributed by atoms with van der Waals surface area (Å²) >= 11 is 0. The van der Waals surface area contributed by atoms with Gasteiger partial charge in [0.15, 0.2) is 5.78 Å². The predicted octanol–water partition coefficient (Wildman–Crippen LogP) is 4.52. The molecule has 4 heteroatoms. The van der Waals surface area contributed by atoms with Crippen molar-refractivity contribution in [2.75, 3.05) is 18.4 Å². The molecule has 1 aliphatic heterocycles. The third-order valence-corrected chi connectivity index (χ3v) is 5.20. The summed E-state index contributed by atoms with van der Waals surface area (Å²) in [7, 11) is 0. The van der Waals surface area contributed by atoms with Gasteiger partial charge in [-0.25, -0.2) is 0 Å². The number of hydrogen-bond donors (Lipinski definition) is 1. The topological polar surface area (TPSA) is 49.4 Å². The van der Waals surface area contributed by atoms with Gasteiger partial charge in [-0.1, -0.05) is 49.4 Å². The summed E-state index contributed by atoms with van der Waals surface area (Å²) in [6, 6.07) is 17.1. The Bertz CT molecular complexity index is 748. The van der Waals surface area contributed by atoms with Gasteiger partial charge in [0.2, 0.25) is 5.91 Å². The molecular formula is C23H28N2O2. The van der Waals surface area contributed by atoms with E-state index in [-0.39, 0.29) is 24.5 Å². The highest BCUT2D eigenvalue weighted by Gasteiger charge is 2.15. The molecule has 1 amide bonds. The summed E-state index contributed by atoms with van der Waals surface area (Å²) in [5.41, 5.74) is 2.70. The van der Waals surface area contributed by atoms with Gasteiger partial charge in [0.1, 0.15) is 0 Å². The van der Waals surface area contributed by atoms with Gasteiger partial charge in [-0.05, 0) is 49.5 Å². The molecule has 0 bridgehead atoms. The molecule has 1 fully saturated rings. The van der Waals surface area contributed by atoms with Crippen molar-refractivity contribution in [2.24, 2.45) is 5.92 Å². The summed E-state index contributed by atoms with van der Waals surface area (Å²) in [4.78, 5) is 26.7.